The molecule has 1 aliphatic rings. The molecule has 0 atom stereocenters. The highest BCUT2D eigenvalue weighted by atomic mass is 35.5. The van der Waals surface area contributed by atoms with E-state index in [0.29, 0.717) is 41.8 Å². The molecular weight excluding hydrogens is 370 g/mol. The lowest BCUT2D eigenvalue weighted by atomic mass is 10.2. The number of pyridine rings is 1. The molecule has 0 aliphatic carbocycles. The highest BCUT2D eigenvalue weighted by Gasteiger charge is 2.25. The first-order chi connectivity index (χ1) is 13.0. The molecule has 1 amide bonds. The first kappa shape index (κ1) is 19.4. The zero-order valence-corrected chi connectivity index (χ0v) is 16.6. The summed E-state index contributed by atoms with van der Waals surface area (Å²) >= 11 is 6.12. The van der Waals surface area contributed by atoms with Gasteiger partial charge in [-0.3, -0.25) is 19.4 Å². The molecule has 1 aliphatic heterocycles. The van der Waals surface area contributed by atoms with E-state index in [1.165, 1.54) is 0 Å². The second-order valence-corrected chi connectivity index (χ2v) is 6.82. The van der Waals surface area contributed by atoms with Gasteiger partial charge in [0.15, 0.2) is 17.2 Å². The summed E-state index contributed by atoms with van der Waals surface area (Å²) in [5.74, 6) is 1.19. The quantitative estimate of drug-likeness (QED) is 0.771. The Labute approximate surface area is 163 Å². The number of ether oxygens (including phenoxy) is 2. The first-order valence-corrected chi connectivity index (χ1v) is 9.18. The van der Waals surface area contributed by atoms with E-state index in [2.05, 4.69) is 15.0 Å². The Balaban J connectivity index is 1.67. The predicted octanol–water partition coefficient (Wildman–Crippen LogP) is 1.83. The summed E-state index contributed by atoms with van der Waals surface area (Å²) in [5, 5.41) is 4.57. The molecule has 3 rings (SSSR count). The average Bonchev–Trinajstić information content (AvgIpc) is 2.86. The number of carbonyl (C=O) groups is 1. The molecule has 3 heterocycles. The number of carbonyl (C=O) groups excluding carboxylic acids is 1. The average molecular weight is 394 g/mol. The lowest BCUT2D eigenvalue weighted by Crippen LogP contribution is -2.35. The van der Waals surface area contributed by atoms with Gasteiger partial charge < -0.3 is 14.4 Å². The first-order valence-electron chi connectivity index (χ1n) is 8.80. The van der Waals surface area contributed by atoms with E-state index in [4.69, 9.17) is 21.1 Å². The van der Waals surface area contributed by atoms with Crippen molar-refractivity contribution < 1.29 is 14.3 Å². The van der Waals surface area contributed by atoms with Crippen molar-refractivity contribution in [2.75, 3.05) is 40.4 Å². The Bertz CT molecular complexity index is 810. The third-order valence-electron chi connectivity index (χ3n) is 4.60. The Kier molecular flexibility index (Phi) is 6.18. The van der Waals surface area contributed by atoms with Crippen molar-refractivity contribution in [2.45, 2.75) is 13.0 Å². The van der Waals surface area contributed by atoms with Gasteiger partial charge in [0.1, 0.15) is 5.69 Å². The number of methoxy groups -OCH3 is 2. The van der Waals surface area contributed by atoms with Crippen molar-refractivity contribution in [2.24, 2.45) is 7.05 Å². The van der Waals surface area contributed by atoms with Crippen molar-refractivity contribution in [1.29, 1.82) is 0 Å². The molecule has 9 heteroatoms. The fourth-order valence-corrected chi connectivity index (χ4v) is 3.52. The largest absolute Gasteiger partial charge is 0.493 e. The summed E-state index contributed by atoms with van der Waals surface area (Å²) in [5.41, 5.74) is 1.13. The van der Waals surface area contributed by atoms with Gasteiger partial charge in [0.2, 0.25) is 0 Å². The predicted molar refractivity (Wildman–Crippen MR) is 101 cm³/mol. The second-order valence-electron chi connectivity index (χ2n) is 6.41. The maximum atomic E-state index is 12.7. The van der Waals surface area contributed by atoms with Crippen LogP contribution in [-0.4, -0.2) is 70.9 Å². The van der Waals surface area contributed by atoms with Gasteiger partial charge >= 0.3 is 0 Å². The van der Waals surface area contributed by atoms with E-state index < -0.39 is 0 Å². The Morgan fingerprint density at radius 2 is 2.04 bits per heavy atom. The third-order valence-corrected chi connectivity index (χ3v) is 4.88. The van der Waals surface area contributed by atoms with Crippen LogP contribution in [0.15, 0.2) is 18.5 Å². The van der Waals surface area contributed by atoms with E-state index in [-0.39, 0.29) is 5.91 Å². The van der Waals surface area contributed by atoms with Crippen LogP contribution in [0.1, 0.15) is 22.6 Å². The smallest absolute Gasteiger partial charge is 0.275 e. The molecule has 2 aromatic heterocycles. The van der Waals surface area contributed by atoms with Crippen LogP contribution in [0.25, 0.3) is 0 Å². The number of hydrogen-bond donors (Lipinski definition) is 0. The van der Waals surface area contributed by atoms with Crippen LogP contribution in [0, 0.1) is 0 Å². The normalized spacial score (nSPS) is 15.5. The van der Waals surface area contributed by atoms with E-state index in [1.54, 1.807) is 44.4 Å². The lowest BCUT2D eigenvalue weighted by Gasteiger charge is -2.22. The third kappa shape index (κ3) is 4.33. The topological polar surface area (TPSA) is 72.7 Å². The van der Waals surface area contributed by atoms with Crippen molar-refractivity contribution >= 4 is 17.5 Å². The number of nitrogens with zero attached hydrogens (tertiary/aromatic N) is 5. The van der Waals surface area contributed by atoms with Crippen molar-refractivity contribution in [3.05, 3.63) is 34.9 Å². The number of aromatic nitrogens is 3. The molecule has 0 unspecified atom stereocenters. The SMILES string of the molecule is COc1ccnc(CN2CCCN(C(=O)c3nn(C)cc3Cl)CC2)c1OC. The van der Waals surface area contributed by atoms with Gasteiger partial charge in [0, 0.05) is 58.2 Å². The van der Waals surface area contributed by atoms with Gasteiger partial charge in [0.25, 0.3) is 5.91 Å². The maximum Gasteiger partial charge on any atom is 0.275 e. The maximum absolute atomic E-state index is 12.7. The Hall–Kier alpha value is -2.32. The van der Waals surface area contributed by atoms with Gasteiger partial charge in [-0.05, 0) is 6.42 Å². The second kappa shape index (κ2) is 8.58. The van der Waals surface area contributed by atoms with Crippen LogP contribution in [0.2, 0.25) is 5.02 Å². The van der Waals surface area contributed by atoms with Gasteiger partial charge in [0.05, 0.1) is 19.2 Å². The number of aryl methyl sites for hydroxylation is 1. The number of hydrogen-bond acceptors (Lipinski definition) is 6. The molecule has 0 radical (unpaired) electrons. The van der Waals surface area contributed by atoms with Crippen molar-refractivity contribution in [3.8, 4) is 11.5 Å². The minimum absolute atomic E-state index is 0.125. The number of halogens is 1. The molecule has 0 spiro atoms. The molecule has 0 saturated carbocycles. The number of amides is 1. The Morgan fingerprint density at radius 3 is 2.70 bits per heavy atom. The van der Waals surface area contributed by atoms with Gasteiger partial charge in [-0.2, -0.15) is 5.10 Å². The van der Waals surface area contributed by atoms with E-state index in [0.717, 1.165) is 25.2 Å². The van der Waals surface area contributed by atoms with Crippen LogP contribution >= 0.6 is 11.6 Å². The minimum atomic E-state index is -0.125. The monoisotopic (exact) mass is 393 g/mol. The summed E-state index contributed by atoms with van der Waals surface area (Å²) in [6.45, 7) is 3.51. The summed E-state index contributed by atoms with van der Waals surface area (Å²) in [6.07, 6.45) is 4.22. The Morgan fingerprint density at radius 1 is 1.22 bits per heavy atom. The van der Waals surface area contributed by atoms with Crippen molar-refractivity contribution in [3.63, 3.8) is 0 Å². The highest BCUT2D eigenvalue weighted by Crippen LogP contribution is 2.30. The zero-order chi connectivity index (χ0) is 19.4. The fraction of sp³-hybridized carbons (Fsp3) is 0.500. The van der Waals surface area contributed by atoms with Crippen LogP contribution in [0.5, 0.6) is 11.5 Å². The molecule has 146 valence electrons. The molecular formula is C18H24ClN5O3. The lowest BCUT2D eigenvalue weighted by molar-refractivity contribution is 0.0754. The number of rotatable bonds is 5. The molecule has 2 aromatic rings. The van der Waals surface area contributed by atoms with Crippen LogP contribution in [-0.2, 0) is 13.6 Å². The van der Waals surface area contributed by atoms with Crippen LogP contribution in [0.4, 0.5) is 0 Å². The minimum Gasteiger partial charge on any atom is -0.493 e. The standard InChI is InChI=1S/C18H24ClN5O3/c1-22-11-13(19)16(21-22)18(25)24-8-4-7-23(9-10-24)12-14-17(27-3)15(26-2)5-6-20-14/h5-6,11H,4,7-10,12H2,1-3H3. The van der Waals surface area contributed by atoms with Gasteiger partial charge in [-0.1, -0.05) is 11.6 Å². The van der Waals surface area contributed by atoms with Crippen molar-refractivity contribution in [1.82, 2.24) is 24.6 Å². The molecule has 0 N–H and O–H groups in total. The van der Waals surface area contributed by atoms with E-state index in [1.807, 2.05) is 4.90 Å². The van der Waals surface area contributed by atoms with Crippen LogP contribution < -0.4 is 9.47 Å². The molecule has 0 aromatic carbocycles. The zero-order valence-electron chi connectivity index (χ0n) is 15.8. The van der Waals surface area contributed by atoms with E-state index >= 15 is 0 Å². The molecule has 0 bridgehead atoms. The fourth-order valence-electron chi connectivity index (χ4n) is 3.26. The van der Waals surface area contributed by atoms with Gasteiger partial charge in [-0.15, -0.1) is 0 Å². The summed E-state index contributed by atoms with van der Waals surface area (Å²) in [4.78, 5) is 21.2. The molecule has 27 heavy (non-hydrogen) atoms. The van der Waals surface area contributed by atoms with Gasteiger partial charge in [-0.25, -0.2) is 0 Å². The molecule has 1 fully saturated rings. The summed E-state index contributed by atoms with van der Waals surface area (Å²) in [7, 11) is 4.98. The summed E-state index contributed by atoms with van der Waals surface area (Å²) < 4.78 is 12.4. The van der Waals surface area contributed by atoms with E-state index in [9.17, 15) is 4.79 Å². The summed E-state index contributed by atoms with van der Waals surface area (Å²) in [6, 6.07) is 1.78. The highest BCUT2D eigenvalue weighted by molar-refractivity contribution is 6.33. The molecule has 8 nitrogen and oxygen atoms in total. The van der Waals surface area contributed by atoms with Crippen LogP contribution in [0.3, 0.4) is 0 Å². The molecule has 1 saturated heterocycles.